The fourth-order valence-corrected chi connectivity index (χ4v) is 13.9. The first-order valence-corrected chi connectivity index (χ1v) is 44.8. The van der Waals surface area contributed by atoms with Crippen LogP contribution in [-0.2, 0) is 94.9 Å². The monoisotopic (exact) mass is 1870 g/mol. The predicted octanol–water partition coefficient (Wildman–Crippen LogP) is 5.21. The van der Waals surface area contributed by atoms with Gasteiger partial charge in [-0.1, -0.05) is 144 Å². The van der Waals surface area contributed by atoms with Gasteiger partial charge in [0, 0.05) is 171 Å². The molecule has 6 aromatic rings. The highest BCUT2D eigenvalue weighted by Gasteiger charge is 2.30. The molecule has 0 saturated carbocycles. The zero-order valence-electron chi connectivity index (χ0n) is 72.5. The van der Waals surface area contributed by atoms with Crippen LogP contribution < -0.4 is 92.1 Å². The fraction of sp³-hybridized carbons (Fsp3) is 0.489. The lowest BCUT2D eigenvalue weighted by atomic mass is 10.0. The third-order valence-electron chi connectivity index (χ3n) is 20.3. The van der Waals surface area contributed by atoms with Crippen LogP contribution in [0, 0.1) is 0 Å². The SMILES string of the molecule is NCCC[C@H](NC(=O)OCc1ccccc1Cl)C(=O)NCCNC(=O)CCN(CCCC[C@@H](C(=O)NCCc1cc2ccccc2[nH]1)N(CCC(=O)NCCNC(=O)[C@H](CCCN)NC(=O)OCc1ccccc1Cl)CCC(=O)NCCNC(=O)[C@H](CCCN)NC(=O)OCc1ccccc1Cl)CCC(=O)NCCNC(=O)[C@H](CCCN)NC(=O)OCc1ccccc1Cl. The van der Waals surface area contributed by atoms with Crippen LogP contribution in [0.15, 0.2) is 127 Å². The van der Waals surface area contributed by atoms with E-state index in [0.29, 0.717) is 87.3 Å². The fourth-order valence-electron chi connectivity index (χ4n) is 13.2. The topological polar surface area (TPSA) is 542 Å². The number of hydrogen-bond donors (Lipinski definition) is 18. The van der Waals surface area contributed by atoms with Gasteiger partial charge >= 0.3 is 24.4 Å². The zero-order chi connectivity index (χ0) is 93.3. The van der Waals surface area contributed by atoms with E-state index < -0.39 is 108 Å². The Hall–Kier alpha value is -11.1. The molecule has 0 saturated heterocycles. The molecule has 41 heteroatoms. The van der Waals surface area contributed by atoms with E-state index in [4.69, 9.17) is 88.3 Å². The maximum Gasteiger partial charge on any atom is 0.408 e. The largest absolute Gasteiger partial charge is 0.445 e. The van der Waals surface area contributed by atoms with Gasteiger partial charge in [-0.15, -0.1) is 0 Å². The lowest BCUT2D eigenvalue weighted by Gasteiger charge is -2.31. The van der Waals surface area contributed by atoms with Crippen molar-refractivity contribution >= 4 is 135 Å². The summed E-state index contributed by atoms with van der Waals surface area (Å²) in [6.07, 6.45) is -0.451. The Morgan fingerprint density at radius 1 is 0.326 bits per heavy atom. The second kappa shape index (κ2) is 62.2. The maximum absolute atomic E-state index is 15.0. The summed E-state index contributed by atoms with van der Waals surface area (Å²) in [4.78, 5) is 183. The van der Waals surface area contributed by atoms with Gasteiger partial charge in [0.15, 0.2) is 0 Å². The van der Waals surface area contributed by atoms with Crippen LogP contribution in [0.4, 0.5) is 19.2 Å². The van der Waals surface area contributed by atoms with Gasteiger partial charge in [0.25, 0.3) is 0 Å². The lowest BCUT2D eigenvalue weighted by molar-refractivity contribution is -0.129. The van der Waals surface area contributed by atoms with Crippen molar-refractivity contribution in [1.82, 2.24) is 83.9 Å². The predicted molar refractivity (Wildman–Crippen MR) is 491 cm³/mol. The molecule has 0 fully saturated rings. The molecule has 5 atom stereocenters. The number of halogens is 4. The van der Waals surface area contributed by atoms with Gasteiger partial charge in [-0.05, 0) is 139 Å². The first kappa shape index (κ1) is 107. The number of unbranched alkanes of at least 4 members (excludes halogenated alkanes) is 1. The van der Waals surface area contributed by atoms with Crippen LogP contribution in [0.1, 0.15) is 124 Å². The summed E-state index contributed by atoms with van der Waals surface area (Å²) >= 11 is 25.0. The van der Waals surface area contributed by atoms with Crippen LogP contribution in [0.2, 0.25) is 20.1 Å². The van der Waals surface area contributed by atoms with E-state index in [2.05, 4.69) is 74.1 Å². The van der Waals surface area contributed by atoms with E-state index in [1.54, 1.807) is 102 Å². The van der Waals surface area contributed by atoms with E-state index in [1.807, 2.05) is 35.2 Å². The third-order valence-corrected chi connectivity index (χ3v) is 21.7. The second-order valence-corrected chi connectivity index (χ2v) is 31.7. The van der Waals surface area contributed by atoms with E-state index >= 15 is 4.79 Å². The van der Waals surface area contributed by atoms with Gasteiger partial charge in [0.1, 0.15) is 50.6 Å². The quantitative estimate of drug-likeness (QED) is 0.0172. The summed E-state index contributed by atoms with van der Waals surface area (Å²) in [7, 11) is 0. The van der Waals surface area contributed by atoms with Crippen molar-refractivity contribution in [3.8, 4) is 0 Å². The van der Waals surface area contributed by atoms with Gasteiger partial charge < -0.3 is 121 Å². The molecule has 5 aromatic carbocycles. The van der Waals surface area contributed by atoms with Crippen molar-refractivity contribution in [3.05, 3.63) is 175 Å². The third kappa shape index (κ3) is 43.2. The van der Waals surface area contributed by atoms with Crippen LogP contribution in [0.3, 0.4) is 0 Å². The van der Waals surface area contributed by atoms with Crippen molar-refractivity contribution in [2.24, 2.45) is 22.9 Å². The summed E-state index contributed by atoms with van der Waals surface area (Å²) in [6.45, 7) is 0.603. The van der Waals surface area contributed by atoms with Gasteiger partial charge in [-0.25, -0.2) is 19.2 Å². The van der Waals surface area contributed by atoms with E-state index in [-0.39, 0.29) is 202 Å². The van der Waals surface area contributed by atoms with E-state index in [9.17, 15) is 57.5 Å². The molecule has 0 aliphatic rings. The lowest BCUT2D eigenvalue weighted by Crippen LogP contribution is -2.50. The van der Waals surface area contributed by atoms with Crippen LogP contribution >= 0.6 is 46.4 Å². The molecule has 0 radical (unpaired) electrons. The number of nitrogens with two attached hydrogens (primary N) is 4. The summed E-state index contributed by atoms with van der Waals surface area (Å²) in [6, 6.07) is 31.8. The molecule has 37 nitrogen and oxygen atoms in total. The number of nitrogens with one attached hydrogen (secondary N) is 14. The molecule has 0 spiro atoms. The highest BCUT2D eigenvalue weighted by molar-refractivity contribution is 6.32. The number of amides is 13. The Kier molecular flexibility index (Phi) is 51.4. The number of carbonyl (C=O) groups excluding carboxylic acids is 13. The van der Waals surface area contributed by atoms with Crippen LogP contribution in [0.5, 0.6) is 0 Å². The average molecular weight is 1880 g/mol. The number of rotatable bonds is 62. The summed E-state index contributed by atoms with van der Waals surface area (Å²) < 4.78 is 21.4. The number of H-pyrrole nitrogens is 1. The first-order valence-electron chi connectivity index (χ1n) is 43.3. The summed E-state index contributed by atoms with van der Waals surface area (Å²) in [5.41, 5.74) is 27.1. The molecule has 0 aliphatic carbocycles. The molecule has 22 N–H and O–H groups in total. The number of alkyl carbamates (subject to hydrolysis) is 4. The number of carbonyl (C=O) groups is 13. The minimum absolute atomic E-state index is 0.00609. The maximum atomic E-state index is 15.0. The Labute approximate surface area is 771 Å². The summed E-state index contributed by atoms with van der Waals surface area (Å²) in [5.74, 6) is -4.38. The number of hydrogen-bond acceptors (Lipinski definition) is 23. The molecular formula is C88H124Cl4N20O17. The molecule has 13 amide bonds. The highest BCUT2D eigenvalue weighted by atomic mass is 35.5. The Balaban J connectivity index is 1.16. The van der Waals surface area contributed by atoms with E-state index in [0.717, 1.165) is 16.6 Å². The van der Waals surface area contributed by atoms with Crippen LogP contribution in [0.25, 0.3) is 10.9 Å². The highest BCUT2D eigenvalue weighted by Crippen LogP contribution is 2.22. The van der Waals surface area contributed by atoms with E-state index in [1.165, 1.54) is 0 Å². The second-order valence-electron chi connectivity index (χ2n) is 30.1. The molecule has 1 heterocycles. The number of para-hydroxylation sites is 1. The molecular weight excluding hydrogens is 1750 g/mol. The number of aromatic nitrogens is 1. The molecule has 0 bridgehead atoms. The molecule has 1 aromatic heterocycles. The Morgan fingerprint density at radius 3 is 0.938 bits per heavy atom. The number of fused-ring (bicyclic) bond motifs is 1. The zero-order valence-corrected chi connectivity index (χ0v) is 75.6. The van der Waals surface area contributed by atoms with Gasteiger partial charge in [0.2, 0.25) is 53.2 Å². The smallest absolute Gasteiger partial charge is 0.408 e. The number of ether oxygens (including phenoxy) is 4. The number of aromatic amines is 1. The Morgan fingerprint density at radius 2 is 0.620 bits per heavy atom. The minimum Gasteiger partial charge on any atom is -0.445 e. The van der Waals surface area contributed by atoms with Crippen molar-refractivity contribution in [3.63, 3.8) is 0 Å². The molecule has 0 aliphatic heterocycles. The van der Waals surface area contributed by atoms with Crippen molar-refractivity contribution in [2.75, 3.05) is 118 Å². The van der Waals surface area contributed by atoms with Gasteiger partial charge in [0.05, 0.1) is 6.04 Å². The average Bonchev–Trinajstić information content (AvgIpc) is 1.69. The molecule has 0 unspecified atom stereocenters. The normalized spacial score (nSPS) is 12.2. The van der Waals surface area contributed by atoms with Crippen molar-refractivity contribution < 1.29 is 81.3 Å². The minimum atomic E-state index is -1.04. The van der Waals surface area contributed by atoms with Gasteiger partial charge in [-0.2, -0.15) is 0 Å². The number of nitrogens with zero attached hydrogens (tertiary/aromatic N) is 2. The summed E-state index contributed by atoms with van der Waals surface area (Å²) in [5, 5.41) is 38.1. The van der Waals surface area contributed by atoms with Gasteiger partial charge in [-0.3, -0.25) is 48.1 Å². The van der Waals surface area contributed by atoms with Crippen molar-refractivity contribution in [1.29, 1.82) is 0 Å². The Bertz CT molecular complexity index is 4260. The number of benzene rings is 5. The molecule has 706 valence electrons. The first-order chi connectivity index (χ1) is 62.4. The molecule has 129 heavy (non-hydrogen) atoms. The van der Waals surface area contributed by atoms with Crippen LogP contribution in [-0.4, -0.2) is 240 Å². The van der Waals surface area contributed by atoms with Crippen molar-refractivity contribution in [2.45, 2.75) is 159 Å². The standard InChI is InChI=1S/C88H124Cl4N20O17/c89-66-22-6-1-18-61(66)56-126-85(122)107-71(27-13-37-93)80(117)102-46-42-97-76(113)33-51-111(52-34-77(114)98-43-47-103-81(118)72(28-14-38-94)108-86(123)127-57-62-19-2-7-23-67(62)90)50-12-11-31-75(84(121)101-41-32-65-55-60-17-5-10-26-70(60)106-65)112(53-35-78(115)99-44-48-104-82(119)73(29-15-39-95)109-87(124)128-58-63-20-3-8-24-68(63)91)54-36-79(116)100-45-49-105-83(120)74(30-16-40-96)110-88(125)129-59-64-21-4-9-25-69(64)92/h1-10,17-26,55,71-75,106H,11-16,27-54,56-59,93-96H2,(H,97,113)(H,98,114)(H,99,115)(H,100,116)(H,101,121)(H,102,117)(H,103,118)(H,104,119)(H,105,120)(H,107,122)(H,108,123)(H,109,124)(H,110,125)/t71-,72-,73-,74-,75-/m0/s1. The molecule has 6 rings (SSSR count).